The van der Waals surface area contributed by atoms with E-state index in [1.54, 1.807) is 30.5 Å². The lowest BCUT2D eigenvalue weighted by atomic mass is 10.2. The quantitative estimate of drug-likeness (QED) is 0.558. The molecule has 0 radical (unpaired) electrons. The van der Waals surface area contributed by atoms with Gasteiger partial charge in [-0.15, -0.1) is 0 Å². The highest BCUT2D eigenvalue weighted by Gasteiger charge is 2.12. The summed E-state index contributed by atoms with van der Waals surface area (Å²) >= 11 is 0. The molecule has 3 rings (SSSR count). The summed E-state index contributed by atoms with van der Waals surface area (Å²) in [6.07, 6.45) is 4.15. The van der Waals surface area contributed by atoms with E-state index in [1.807, 2.05) is 31.2 Å². The van der Waals surface area contributed by atoms with Gasteiger partial charge < -0.3 is 4.98 Å². The van der Waals surface area contributed by atoms with Gasteiger partial charge in [0.2, 0.25) is 0 Å². The van der Waals surface area contributed by atoms with Gasteiger partial charge in [-0.25, -0.2) is 4.83 Å². The summed E-state index contributed by atoms with van der Waals surface area (Å²) in [6.45, 7) is 2.02. The predicted octanol–water partition coefficient (Wildman–Crippen LogP) is 3.04. The van der Waals surface area contributed by atoms with Gasteiger partial charge >= 0.3 is 0 Å². The van der Waals surface area contributed by atoms with Crippen molar-refractivity contribution in [1.29, 1.82) is 0 Å². The first kappa shape index (κ1) is 15.3. The van der Waals surface area contributed by atoms with Crippen LogP contribution < -0.4 is 4.83 Å². The van der Waals surface area contributed by atoms with Crippen LogP contribution in [0.3, 0.4) is 0 Å². The van der Waals surface area contributed by atoms with E-state index in [-0.39, 0.29) is 4.90 Å². The summed E-state index contributed by atoms with van der Waals surface area (Å²) in [5.74, 6) is 0. The Hall–Kier alpha value is -2.60. The van der Waals surface area contributed by atoms with Crippen molar-refractivity contribution >= 4 is 27.1 Å². The fourth-order valence-corrected chi connectivity index (χ4v) is 3.11. The second kappa shape index (κ2) is 6.26. The summed E-state index contributed by atoms with van der Waals surface area (Å²) < 4.78 is 24.4. The third-order valence-electron chi connectivity index (χ3n) is 3.64. The molecule has 1 aromatic heterocycles. The molecule has 0 fully saturated rings. The lowest BCUT2D eigenvalue weighted by Gasteiger charge is -2.04. The molecule has 2 aromatic carbocycles. The number of fused-ring (bicyclic) bond motifs is 1. The van der Waals surface area contributed by atoms with Crippen LogP contribution in [0.1, 0.15) is 18.1 Å². The molecular formula is C17H17N3O2S. The molecule has 0 bridgehead atoms. The number of H-pyrrole nitrogens is 1. The van der Waals surface area contributed by atoms with E-state index in [0.29, 0.717) is 0 Å². The monoisotopic (exact) mass is 327 g/mol. The zero-order chi connectivity index (χ0) is 16.3. The number of aromatic amines is 1. The summed E-state index contributed by atoms with van der Waals surface area (Å²) in [7, 11) is -3.65. The highest BCUT2D eigenvalue weighted by molar-refractivity contribution is 7.89. The van der Waals surface area contributed by atoms with Gasteiger partial charge in [0, 0.05) is 22.7 Å². The Balaban J connectivity index is 1.78. The number of benzene rings is 2. The normalized spacial score (nSPS) is 12.0. The minimum Gasteiger partial charge on any atom is -0.361 e. The van der Waals surface area contributed by atoms with Crippen molar-refractivity contribution in [1.82, 2.24) is 9.82 Å². The van der Waals surface area contributed by atoms with E-state index in [1.165, 1.54) is 6.21 Å². The highest BCUT2D eigenvalue weighted by atomic mass is 32.2. The number of nitrogens with zero attached hydrogens (tertiary/aromatic N) is 1. The van der Waals surface area contributed by atoms with Gasteiger partial charge in [-0.1, -0.05) is 37.3 Å². The van der Waals surface area contributed by atoms with Crippen molar-refractivity contribution < 1.29 is 8.42 Å². The number of hydrogen-bond acceptors (Lipinski definition) is 3. The van der Waals surface area contributed by atoms with Crippen LogP contribution in [0.2, 0.25) is 0 Å². The average Bonchev–Trinajstić information content (AvgIpc) is 2.98. The second-order valence-electron chi connectivity index (χ2n) is 5.14. The van der Waals surface area contributed by atoms with Gasteiger partial charge in [0.1, 0.15) is 0 Å². The van der Waals surface area contributed by atoms with E-state index in [0.717, 1.165) is 28.5 Å². The van der Waals surface area contributed by atoms with Crippen LogP contribution in [0, 0.1) is 0 Å². The van der Waals surface area contributed by atoms with Crippen LogP contribution in [0.15, 0.2) is 64.7 Å². The molecule has 0 unspecified atom stereocenters. The van der Waals surface area contributed by atoms with Gasteiger partial charge in [0.15, 0.2) is 0 Å². The number of aryl methyl sites for hydroxylation is 1. The lowest BCUT2D eigenvalue weighted by molar-refractivity contribution is 0.584. The first-order chi connectivity index (χ1) is 11.1. The number of para-hydroxylation sites is 1. The Morgan fingerprint density at radius 1 is 1.13 bits per heavy atom. The topological polar surface area (TPSA) is 74.3 Å². The third kappa shape index (κ3) is 3.27. The summed E-state index contributed by atoms with van der Waals surface area (Å²) in [4.78, 5) is 5.55. The Labute approximate surface area is 135 Å². The first-order valence-corrected chi connectivity index (χ1v) is 8.78. The Morgan fingerprint density at radius 3 is 2.61 bits per heavy atom. The van der Waals surface area contributed by atoms with E-state index in [9.17, 15) is 8.42 Å². The molecular weight excluding hydrogens is 310 g/mol. The van der Waals surface area contributed by atoms with Gasteiger partial charge in [0.25, 0.3) is 10.0 Å². The molecule has 0 aliphatic rings. The second-order valence-corrected chi connectivity index (χ2v) is 6.80. The Kier molecular flexibility index (Phi) is 4.16. The van der Waals surface area contributed by atoms with Gasteiger partial charge in [0.05, 0.1) is 11.1 Å². The zero-order valence-corrected chi connectivity index (χ0v) is 13.5. The molecule has 1 heterocycles. The standard InChI is InChI=1S/C17H17N3O2S/c1-2-13-7-9-15(10-8-13)23(21,22)20-19-12-14-11-18-17-6-4-3-5-16(14)17/h3-12,18,20H,2H2,1H3/b19-12+. The van der Waals surface area contributed by atoms with E-state index >= 15 is 0 Å². The van der Waals surface area contributed by atoms with Crippen molar-refractivity contribution in [3.63, 3.8) is 0 Å². The fourth-order valence-electron chi connectivity index (χ4n) is 2.32. The SMILES string of the molecule is CCc1ccc(S(=O)(=O)N/N=C/c2c[nH]c3ccccc23)cc1. The van der Waals surface area contributed by atoms with Crippen molar-refractivity contribution in [3.8, 4) is 0 Å². The van der Waals surface area contributed by atoms with E-state index in [4.69, 9.17) is 0 Å². The average molecular weight is 327 g/mol. The van der Waals surface area contributed by atoms with Crippen molar-refractivity contribution in [2.24, 2.45) is 5.10 Å². The molecule has 0 saturated heterocycles. The van der Waals surface area contributed by atoms with Gasteiger partial charge in [-0.05, 0) is 30.2 Å². The van der Waals surface area contributed by atoms with Crippen LogP contribution in [0.4, 0.5) is 0 Å². The molecule has 118 valence electrons. The molecule has 0 spiro atoms. The number of hydrogen-bond donors (Lipinski definition) is 2. The maximum Gasteiger partial charge on any atom is 0.276 e. The smallest absolute Gasteiger partial charge is 0.276 e. The number of sulfonamides is 1. The minimum absolute atomic E-state index is 0.200. The van der Waals surface area contributed by atoms with Crippen molar-refractivity contribution in [2.45, 2.75) is 18.2 Å². The van der Waals surface area contributed by atoms with E-state index < -0.39 is 10.0 Å². The molecule has 0 atom stereocenters. The summed E-state index contributed by atoms with van der Waals surface area (Å²) in [5.41, 5.74) is 2.89. The largest absolute Gasteiger partial charge is 0.361 e. The number of hydrazone groups is 1. The molecule has 2 N–H and O–H groups in total. The molecule has 5 nitrogen and oxygen atoms in total. The molecule has 0 aliphatic carbocycles. The molecule has 3 aromatic rings. The first-order valence-electron chi connectivity index (χ1n) is 7.30. The fraction of sp³-hybridized carbons (Fsp3) is 0.118. The maximum atomic E-state index is 12.2. The number of aromatic nitrogens is 1. The number of rotatable bonds is 5. The predicted molar refractivity (Wildman–Crippen MR) is 92.0 cm³/mol. The van der Waals surface area contributed by atoms with Crippen LogP contribution in [-0.4, -0.2) is 19.6 Å². The Morgan fingerprint density at radius 2 is 1.87 bits per heavy atom. The zero-order valence-electron chi connectivity index (χ0n) is 12.7. The number of nitrogens with one attached hydrogen (secondary N) is 2. The molecule has 0 amide bonds. The molecule has 0 aliphatic heterocycles. The van der Waals surface area contributed by atoms with Gasteiger partial charge in [-0.3, -0.25) is 0 Å². The van der Waals surface area contributed by atoms with Crippen molar-refractivity contribution in [2.75, 3.05) is 0 Å². The van der Waals surface area contributed by atoms with Crippen LogP contribution in [0.5, 0.6) is 0 Å². The molecule has 23 heavy (non-hydrogen) atoms. The van der Waals surface area contributed by atoms with Crippen LogP contribution in [0.25, 0.3) is 10.9 Å². The highest BCUT2D eigenvalue weighted by Crippen LogP contribution is 2.16. The maximum absolute atomic E-state index is 12.2. The lowest BCUT2D eigenvalue weighted by Crippen LogP contribution is -2.18. The molecule has 0 saturated carbocycles. The molecule has 6 heteroatoms. The third-order valence-corrected chi connectivity index (χ3v) is 4.88. The van der Waals surface area contributed by atoms with Crippen LogP contribution in [-0.2, 0) is 16.4 Å². The minimum atomic E-state index is -3.65. The van der Waals surface area contributed by atoms with Gasteiger partial charge in [-0.2, -0.15) is 13.5 Å². The van der Waals surface area contributed by atoms with E-state index in [2.05, 4.69) is 14.9 Å². The summed E-state index contributed by atoms with van der Waals surface area (Å²) in [6, 6.07) is 14.5. The summed E-state index contributed by atoms with van der Waals surface area (Å²) in [5, 5.41) is 4.86. The Bertz CT molecular complexity index is 941. The van der Waals surface area contributed by atoms with Crippen molar-refractivity contribution in [3.05, 3.63) is 65.9 Å². The van der Waals surface area contributed by atoms with Crippen LogP contribution >= 0.6 is 0 Å².